The highest BCUT2D eigenvalue weighted by Gasteiger charge is 2.26. The summed E-state index contributed by atoms with van der Waals surface area (Å²) >= 11 is 0. The van der Waals surface area contributed by atoms with E-state index in [1.807, 2.05) is 6.92 Å². The lowest BCUT2D eigenvalue weighted by Gasteiger charge is -2.22. The van der Waals surface area contributed by atoms with Crippen molar-refractivity contribution >= 4 is 5.96 Å². The van der Waals surface area contributed by atoms with Crippen molar-refractivity contribution in [2.24, 2.45) is 10.9 Å². The largest absolute Gasteiger partial charge is 0.497 e. The molecule has 29 heavy (non-hydrogen) atoms. The Morgan fingerprint density at radius 1 is 1.31 bits per heavy atom. The van der Waals surface area contributed by atoms with E-state index in [1.165, 1.54) is 11.3 Å². The molecule has 6 heteroatoms. The van der Waals surface area contributed by atoms with E-state index in [9.17, 15) is 0 Å². The number of nitrogens with zero attached hydrogens (tertiary/aromatic N) is 4. The van der Waals surface area contributed by atoms with E-state index in [2.05, 4.69) is 71.1 Å². The van der Waals surface area contributed by atoms with Crippen molar-refractivity contribution < 1.29 is 4.74 Å². The number of hydrogen-bond acceptors (Lipinski definition) is 3. The second-order valence-corrected chi connectivity index (χ2v) is 8.11. The van der Waals surface area contributed by atoms with Crippen LogP contribution in [-0.2, 0) is 6.54 Å². The number of likely N-dealkylation sites (tertiary alicyclic amines) is 1. The first-order chi connectivity index (χ1) is 14.0. The number of ether oxygens (including phenoxy) is 1. The predicted molar refractivity (Wildman–Crippen MR) is 119 cm³/mol. The van der Waals surface area contributed by atoms with Gasteiger partial charge in [-0.2, -0.15) is 5.10 Å². The first-order valence-corrected chi connectivity index (χ1v) is 10.7. The molecular formula is C23H35N5O. The van der Waals surface area contributed by atoms with Crippen molar-refractivity contribution in [2.75, 3.05) is 33.3 Å². The third kappa shape index (κ3) is 5.52. The summed E-state index contributed by atoms with van der Waals surface area (Å²) in [4.78, 5) is 7.35. The molecule has 1 aliphatic rings. The maximum atomic E-state index is 5.28. The van der Waals surface area contributed by atoms with Crippen LogP contribution in [0.3, 0.4) is 0 Å². The molecule has 3 rings (SSSR count). The molecule has 1 aromatic carbocycles. The first kappa shape index (κ1) is 21.2. The summed E-state index contributed by atoms with van der Waals surface area (Å²) in [6.45, 7) is 13.2. The molecular weight excluding hydrogens is 362 g/mol. The molecule has 2 aromatic rings. The summed E-state index contributed by atoms with van der Waals surface area (Å²) in [5.74, 6) is 2.91. The Hall–Kier alpha value is -2.50. The van der Waals surface area contributed by atoms with Gasteiger partial charge in [0.25, 0.3) is 0 Å². The molecule has 0 bridgehead atoms. The fourth-order valence-corrected chi connectivity index (χ4v) is 3.98. The number of aryl methyl sites for hydroxylation is 2. The molecule has 0 amide bonds. The lowest BCUT2D eigenvalue weighted by Crippen LogP contribution is -2.40. The second kappa shape index (κ2) is 9.81. The van der Waals surface area contributed by atoms with Crippen LogP contribution in [-0.4, -0.2) is 53.9 Å². The Labute approximate surface area is 175 Å². The van der Waals surface area contributed by atoms with Gasteiger partial charge < -0.3 is 15.0 Å². The van der Waals surface area contributed by atoms with E-state index < -0.39 is 0 Å². The number of benzene rings is 1. The molecule has 1 aromatic heterocycles. The number of hydrogen-bond donors (Lipinski definition) is 1. The molecule has 0 aliphatic carbocycles. The fraction of sp³-hybridized carbons (Fsp3) is 0.565. The lowest BCUT2D eigenvalue weighted by molar-refractivity contribution is 0.414. The monoisotopic (exact) mass is 397 g/mol. The van der Waals surface area contributed by atoms with Crippen LogP contribution in [0.5, 0.6) is 5.75 Å². The molecule has 2 atom stereocenters. The third-order valence-electron chi connectivity index (χ3n) is 5.55. The SMILES string of the molecule is CCNC(=NCC(C)Cn1nc(C)cc1C)N1CCC(c2ccc(OC)cc2)C1. The summed E-state index contributed by atoms with van der Waals surface area (Å²) in [5.41, 5.74) is 3.67. The number of aliphatic imine (C=N–C) groups is 1. The summed E-state index contributed by atoms with van der Waals surface area (Å²) in [6.07, 6.45) is 1.15. The van der Waals surface area contributed by atoms with Gasteiger partial charge in [-0.1, -0.05) is 19.1 Å². The van der Waals surface area contributed by atoms with Crippen LogP contribution in [0.25, 0.3) is 0 Å². The minimum Gasteiger partial charge on any atom is -0.497 e. The van der Waals surface area contributed by atoms with E-state index in [4.69, 9.17) is 9.73 Å². The maximum absolute atomic E-state index is 5.28. The quantitative estimate of drug-likeness (QED) is 0.573. The van der Waals surface area contributed by atoms with Crippen molar-refractivity contribution in [3.8, 4) is 5.75 Å². The van der Waals surface area contributed by atoms with Crippen LogP contribution in [0.15, 0.2) is 35.3 Å². The van der Waals surface area contributed by atoms with Crippen LogP contribution in [0.2, 0.25) is 0 Å². The van der Waals surface area contributed by atoms with Crippen LogP contribution >= 0.6 is 0 Å². The maximum Gasteiger partial charge on any atom is 0.193 e. The van der Waals surface area contributed by atoms with Crippen LogP contribution in [0, 0.1) is 19.8 Å². The molecule has 1 fully saturated rings. The summed E-state index contributed by atoms with van der Waals surface area (Å²) in [5, 5.41) is 8.06. The standard InChI is InChI=1S/C23H35N5O/c1-6-24-23(25-14-17(2)15-28-19(4)13-18(3)26-28)27-12-11-21(16-27)20-7-9-22(29-5)10-8-20/h7-10,13,17,21H,6,11-12,14-16H2,1-5H3,(H,24,25). The lowest BCUT2D eigenvalue weighted by atomic mass is 9.98. The highest BCUT2D eigenvalue weighted by Crippen LogP contribution is 2.28. The van der Waals surface area contributed by atoms with Crippen LogP contribution in [0.1, 0.15) is 43.1 Å². The summed E-state index contributed by atoms with van der Waals surface area (Å²) in [7, 11) is 1.71. The molecule has 2 unspecified atom stereocenters. The highest BCUT2D eigenvalue weighted by atomic mass is 16.5. The van der Waals surface area contributed by atoms with Gasteiger partial charge in [-0.3, -0.25) is 9.67 Å². The zero-order chi connectivity index (χ0) is 20.8. The van der Waals surface area contributed by atoms with Gasteiger partial charge in [0.05, 0.1) is 12.8 Å². The Bertz CT molecular complexity index is 811. The first-order valence-electron chi connectivity index (χ1n) is 10.7. The van der Waals surface area contributed by atoms with E-state index in [-0.39, 0.29) is 0 Å². The van der Waals surface area contributed by atoms with Gasteiger partial charge in [0.15, 0.2) is 5.96 Å². The average Bonchev–Trinajstić information content (AvgIpc) is 3.32. The highest BCUT2D eigenvalue weighted by molar-refractivity contribution is 5.80. The number of guanidine groups is 1. The summed E-state index contributed by atoms with van der Waals surface area (Å²) < 4.78 is 7.38. The zero-order valence-electron chi connectivity index (χ0n) is 18.5. The van der Waals surface area contributed by atoms with E-state index >= 15 is 0 Å². The molecule has 6 nitrogen and oxygen atoms in total. The molecule has 0 saturated carbocycles. The Morgan fingerprint density at radius 3 is 2.69 bits per heavy atom. The van der Waals surface area contributed by atoms with Crippen molar-refractivity contribution in [2.45, 2.75) is 46.6 Å². The van der Waals surface area contributed by atoms with Gasteiger partial charge in [-0.25, -0.2) is 0 Å². The molecule has 0 spiro atoms. The average molecular weight is 398 g/mol. The fourth-order valence-electron chi connectivity index (χ4n) is 3.98. The van der Waals surface area contributed by atoms with E-state index in [0.29, 0.717) is 11.8 Å². The number of methoxy groups -OCH3 is 1. The van der Waals surface area contributed by atoms with Crippen molar-refractivity contribution in [3.05, 3.63) is 47.3 Å². The number of nitrogens with one attached hydrogen (secondary N) is 1. The Balaban J connectivity index is 1.60. The predicted octanol–water partition coefficient (Wildman–Crippen LogP) is 3.60. The topological polar surface area (TPSA) is 54.7 Å². The Kier molecular flexibility index (Phi) is 7.18. The Morgan fingerprint density at radius 2 is 2.07 bits per heavy atom. The van der Waals surface area contributed by atoms with Crippen LogP contribution < -0.4 is 10.1 Å². The molecule has 1 N–H and O–H groups in total. The van der Waals surface area contributed by atoms with E-state index in [0.717, 1.165) is 56.5 Å². The van der Waals surface area contributed by atoms with Gasteiger partial charge in [0.1, 0.15) is 5.75 Å². The zero-order valence-corrected chi connectivity index (χ0v) is 18.5. The smallest absolute Gasteiger partial charge is 0.193 e. The minimum atomic E-state index is 0.432. The van der Waals surface area contributed by atoms with Crippen molar-refractivity contribution in [3.63, 3.8) is 0 Å². The molecule has 1 saturated heterocycles. The van der Waals surface area contributed by atoms with E-state index in [1.54, 1.807) is 7.11 Å². The molecule has 0 radical (unpaired) electrons. The van der Waals surface area contributed by atoms with Gasteiger partial charge in [-0.15, -0.1) is 0 Å². The molecule has 1 aliphatic heterocycles. The minimum absolute atomic E-state index is 0.432. The number of rotatable bonds is 7. The van der Waals surface area contributed by atoms with Gasteiger partial charge in [0, 0.05) is 44.3 Å². The molecule has 2 heterocycles. The van der Waals surface area contributed by atoms with Crippen molar-refractivity contribution in [1.29, 1.82) is 0 Å². The van der Waals surface area contributed by atoms with Crippen LogP contribution in [0.4, 0.5) is 0 Å². The molecule has 158 valence electrons. The van der Waals surface area contributed by atoms with Gasteiger partial charge in [0.2, 0.25) is 0 Å². The normalized spacial score (nSPS) is 18.2. The van der Waals surface area contributed by atoms with Gasteiger partial charge in [-0.05, 0) is 56.9 Å². The second-order valence-electron chi connectivity index (χ2n) is 8.11. The number of aromatic nitrogens is 2. The third-order valence-corrected chi connectivity index (χ3v) is 5.55. The summed E-state index contributed by atoms with van der Waals surface area (Å²) in [6, 6.07) is 10.6. The van der Waals surface area contributed by atoms with Gasteiger partial charge >= 0.3 is 0 Å². The van der Waals surface area contributed by atoms with Crippen molar-refractivity contribution in [1.82, 2.24) is 20.0 Å².